The molecule has 3 N–H and O–H groups in total. The van der Waals surface area contributed by atoms with Gasteiger partial charge in [-0.3, -0.25) is 15.4 Å². The highest BCUT2D eigenvalue weighted by atomic mass is 35.5. The summed E-state index contributed by atoms with van der Waals surface area (Å²) in [6.45, 7) is 12.5. The van der Waals surface area contributed by atoms with E-state index in [0.29, 0.717) is 23.5 Å². The summed E-state index contributed by atoms with van der Waals surface area (Å²) >= 11 is 6.33. The highest BCUT2D eigenvalue weighted by Crippen LogP contribution is 2.43. The van der Waals surface area contributed by atoms with E-state index in [4.69, 9.17) is 11.6 Å². The summed E-state index contributed by atoms with van der Waals surface area (Å²) in [5, 5.41) is 11.3. The molecule has 4 unspecified atom stereocenters. The lowest BCUT2D eigenvalue weighted by atomic mass is 9.68. The number of hydrogen-bond acceptors (Lipinski definition) is 4. The summed E-state index contributed by atoms with van der Waals surface area (Å²) in [4.78, 5) is 15.8. The van der Waals surface area contributed by atoms with Crippen LogP contribution in [0.25, 0.3) is 0 Å². The SMILES string of the molecule is CC(C)[C@@H](NCC1CNC(C2=CCCCC2)N1)C(=O)N1CCC(C2=CCC(Cl)CC2)C(C)(C)C1. The van der Waals surface area contributed by atoms with E-state index in [1.54, 1.807) is 5.57 Å². The standard InChI is InChI=1S/C28H47ClN4O/c1-19(2)25(30-16-23-17-31-26(32-23)21-8-6-5-7-9-21)27(34)33-15-14-24(28(3,4)18-33)20-10-12-22(29)13-11-20/h8,10,19,22-26,30-32H,5-7,9,11-18H2,1-4H3/t22?,23?,24?,25-,26?/m1/s1. The van der Waals surface area contributed by atoms with E-state index in [-0.39, 0.29) is 23.3 Å². The molecule has 2 heterocycles. The van der Waals surface area contributed by atoms with Gasteiger partial charge in [0.05, 0.1) is 12.2 Å². The van der Waals surface area contributed by atoms with Crippen molar-refractivity contribution in [3.63, 3.8) is 0 Å². The zero-order valence-electron chi connectivity index (χ0n) is 21.8. The molecule has 0 aromatic rings. The van der Waals surface area contributed by atoms with Crippen molar-refractivity contribution >= 4 is 17.5 Å². The van der Waals surface area contributed by atoms with Gasteiger partial charge < -0.3 is 10.2 Å². The van der Waals surface area contributed by atoms with E-state index in [1.807, 2.05) is 0 Å². The van der Waals surface area contributed by atoms with Crippen LogP contribution in [-0.2, 0) is 4.79 Å². The molecule has 6 heteroatoms. The molecule has 0 aromatic carbocycles. The summed E-state index contributed by atoms with van der Waals surface area (Å²) in [6, 6.07) is 0.223. The molecule has 2 aliphatic carbocycles. The molecular weight excluding hydrogens is 444 g/mol. The van der Waals surface area contributed by atoms with Crippen LogP contribution >= 0.6 is 11.6 Å². The molecule has 4 aliphatic rings. The molecule has 192 valence electrons. The lowest BCUT2D eigenvalue weighted by molar-refractivity contribution is -0.138. The zero-order valence-corrected chi connectivity index (χ0v) is 22.6. The van der Waals surface area contributed by atoms with Crippen molar-refractivity contribution in [3.8, 4) is 0 Å². The van der Waals surface area contributed by atoms with Crippen molar-refractivity contribution in [3.05, 3.63) is 23.3 Å². The van der Waals surface area contributed by atoms with Gasteiger partial charge in [0.1, 0.15) is 0 Å². The second-order valence-electron chi connectivity index (χ2n) is 12.1. The lowest BCUT2D eigenvalue weighted by Crippen LogP contribution is -2.57. The molecule has 34 heavy (non-hydrogen) atoms. The van der Waals surface area contributed by atoms with Crippen molar-refractivity contribution < 1.29 is 4.79 Å². The van der Waals surface area contributed by atoms with Crippen molar-refractivity contribution in [2.45, 2.75) is 103 Å². The van der Waals surface area contributed by atoms with Gasteiger partial charge in [0.2, 0.25) is 5.91 Å². The first-order chi connectivity index (χ1) is 16.2. The monoisotopic (exact) mass is 490 g/mol. The van der Waals surface area contributed by atoms with Crippen LogP contribution in [0, 0.1) is 17.3 Å². The van der Waals surface area contributed by atoms with Gasteiger partial charge in [-0.2, -0.15) is 0 Å². The van der Waals surface area contributed by atoms with Gasteiger partial charge in [0.25, 0.3) is 0 Å². The zero-order chi connectivity index (χ0) is 24.3. The molecule has 4 rings (SSSR count). The first-order valence-corrected chi connectivity index (χ1v) is 14.2. The van der Waals surface area contributed by atoms with E-state index >= 15 is 0 Å². The van der Waals surface area contributed by atoms with Crippen LogP contribution in [0.5, 0.6) is 0 Å². The maximum Gasteiger partial charge on any atom is 0.239 e. The first-order valence-electron chi connectivity index (χ1n) is 13.8. The Morgan fingerprint density at radius 3 is 2.68 bits per heavy atom. The summed E-state index contributed by atoms with van der Waals surface area (Å²) in [6.07, 6.45) is 14.4. The Morgan fingerprint density at radius 1 is 1.21 bits per heavy atom. The van der Waals surface area contributed by atoms with E-state index in [0.717, 1.165) is 51.9 Å². The normalized spacial score (nSPS) is 32.9. The van der Waals surface area contributed by atoms with Crippen molar-refractivity contribution in [1.82, 2.24) is 20.9 Å². The topological polar surface area (TPSA) is 56.4 Å². The molecule has 2 fully saturated rings. The second kappa shape index (κ2) is 11.5. The number of nitrogens with one attached hydrogen (secondary N) is 3. The fourth-order valence-electron chi connectivity index (χ4n) is 6.55. The molecule has 2 saturated heterocycles. The molecule has 2 aliphatic heterocycles. The quantitative estimate of drug-likeness (QED) is 0.361. The maximum absolute atomic E-state index is 13.7. The highest BCUT2D eigenvalue weighted by molar-refractivity contribution is 6.20. The predicted molar refractivity (Wildman–Crippen MR) is 142 cm³/mol. The van der Waals surface area contributed by atoms with Crippen molar-refractivity contribution in [2.75, 3.05) is 26.2 Å². The molecule has 5 nitrogen and oxygen atoms in total. The molecule has 0 spiro atoms. The summed E-state index contributed by atoms with van der Waals surface area (Å²) in [5.41, 5.74) is 3.19. The van der Waals surface area contributed by atoms with E-state index in [2.05, 4.69) is 60.7 Å². The fraction of sp³-hybridized carbons (Fsp3) is 0.821. The first kappa shape index (κ1) is 26.2. The minimum Gasteiger partial charge on any atom is -0.341 e. The van der Waals surface area contributed by atoms with Crippen LogP contribution in [0.3, 0.4) is 0 Å². The average molecular weight is 491 g/mol. The minimum absolute atomic E-state index is 0.0955. The molecule has 0 saturated carbocycles. The Balaban J connectivity index is 1.31. The van der Waals surface area contributed by atoms with Gasteiger partial charge in [0, 0.05) is 37.6 Å². The average Bonchev–Trinajstić information content (AvgIpc) is 3.29. The lowest BCUT2D eigenvalue weighted by Gasteiger charge is -2.47. The van der Waals surface area contributed by atoms with Gasteiger partial charge in [-0.25, -0.2) is 0 Å². The third-order valence-electron chi connectivity index (χ3n) is 8.56. The smallest absolute Gasteiger partial charge is 0.239 e. The number of rotatable bonds is 7. The third-order valence-corrected chi connectivity index (χ3v) is 8.95. The third kappa shape index (κ3) is 6.27. The van der Waals surface area contributed by atoms with Crippen molar-refractivity contribution in [2.24, 2.45) is 17.3 Å². The largest absolute Gasteiger partial charge is 0.341 e. The van der Waals surface area contributed by atoms with Crippen LogP contribution in [0.15, 0.2) is 23.3 Å². The highest BCUT2D eigenvalue weighted by Gasteiger charge is 2.41. The number of piperidine rings is 1. The summed E-state index contributed by atoms with van der Waals surface area (Å²) in [7, 11) is 0. The number of hydrogen-bond donors (Lipinski definition) is 3. The van der Waals surface area contributed by atoms with Crippen molar-refractivity contribution in [1.29, 1.82) is 0 Å². The minimum atomic E-state index is -0.131. The van der Waals surface area contributed by atoms with Gasteiger partial charge in [0.15, 0.2) is 0 Å². The molecule has 1 amide bonds. The number of carbonyl (C=O) groups excluding carboxylic acids is 1. The molecule has 0 aromatic heterocycles. The van der Waals surface area contributed by atoms with E-state index < -0.39 is 0 Å². The number of amides is 1. The van der Waals surface area contributed by atoms with Crippen LogP contribution in [0.2, 0.25) is 0 Å². The Hall–Kier alpha value is -0.880. The second-order valence-corrected chi connectivity index (χ2v) is 12.7. The van der Waals surface area contributed by atoms with Crippen LogP contribution in [-0.4, -0.2) is 60.6 Å². The van der Waals surface area contributed by atoms with E-state index in [1.165, 1.54) is 31.3 Å². The van der Waals surface area contributed by atoms with Gasteiger partial charge in [-0.1, -0.05) is 45.4 Å². The summed E-state index contributed by atoms with van der Waals surface area (Å²) in [5.74, 6) is 1.10. The van der Waals surface area contributed by atoms with Gasteiger partial charge in [-0.05, 0) is 74.2 Å². The molecular formula is C28H47ClN4O. The van der Waals surface area contributed by atoms with Crippen LogP contribution in [0.4, 0.5) is 0 Å². The Morgan fingerprint density at radius 2 is 2.03 bits per heavy atom. The van der Waals surface area contributed by atoms with Gasteiger partial charge in [-0.15, -0.1) is 11.6 Å². The Kier molecular flexibility index (Phi) is 8.82. The number of allylic oxidation sites excluding steroid dienone is 3. The maximum atomic E-state index is 13.7. The fourth-order valence-corrected chi connectivity index (χ4v) is 6.75. The number of nitrogens with zero attached hydrogens (tertiary/aromatic N) is 1. The Labute approximate surface area is 212 Å². The van der Waals surface area contributed by atoms with Crippen LogP contribution in [0.1, 0.15) is 79.1 Å². The van der Waals surface area contributed by atoms with Crippen LogP contribution < -0.4 is 16.0 Å². The van der Waals surface area contributed by atoms with E-state index in [9.17, 15) is 4.79 Å². The molecule has 0 radical (unpaired) electrons. The van der Waals surface area contributed by atoms with Gasteiger partial charge >= 0.3 is 0 Å². The molecule has 0 bridgehead atoms. The number of likely N-dealkylation sites (tertiary alicyclic amines) is 1. The number of alkyl halides is 1. The predicted octanol–water partition coefficient (Wildman–Crippen LogP) is 4.58. The Bertz CT molecular complexity index is 776. The number of carbonyl (C=O) groups is 1. The number of halogens is 1. The molecule has 5 atom stereocenters. The summed E-state index contributed by atoms with van der Waals surface area (Å²) < 4.78 is 0.